The van der Waals surface area contributed by atoms with Crippen LogP contribution in [0.2, 0.25) is 0 Å². The van der Waals surface area contributed by atoms with Gasteiger partial charge >= 0.3 is 0 Å². The van der Waals surface area contributed by atoms with Gasteiger partial charge in [0, 0.05) is 48.3 Å². The predicted molar refractivity (Wildman–Crippen MR) is 129 cm³/mol. The summed E-state index contributed by atoms with van der Waals surface area (Å²) in [6, 6.07) is 14.2. The molecule has 4 heterocycles. The molecule has 170 valence electrons. The molecule has 1 aliphatic rings. The number of nitrogens with zero attached hydrogens (tertiary/aromatic N) is 5. The molecule has 1 amide bonds. The fraction of sp³-hybridized carbons (Fsp3) is 0.360. The first-order chi connectivity index (χ1) is 16.1. The van der Waals surface area contributed by atoms with Gasteiger partial charge in [-0.1, -0.05) is 18.2 Å². The van der Waals surface area contributed by atoms with Crippen molar-refractivity contribution in [1.82, 2.24) is 30.3 Å². The van der Waals surface area contributed by atoms with Crippen LogP contribution >= 0.6 is 0 Å². The fourth-order valence-corrected chi connectivity index (χ4v) is 4.63. The minimum absolute atomic E-state index is 0.0474. The number of anilines is 1. The normalized spacial score (nSPS) is 14.7. The minimum Gasteiger partial charge on any atom is -0.361 e. The zero-order chi connectivity index (χ0) is 22.8. The summed E-state index contributed by atoms with van der Waals surface area (Å²) >= 11 is 0. The van der Waals surface area contributed by atoms with Gasteiger partial charge in [0.25, 0.3) is 0 Å². The van der Waals surface area contributed by atoms with Crippen LogP contribution in [0.15, 0.2) is 48.7 Å². The Balaban J connectivity index is 1.11. The summed E-state index contributed by atoms with van der Waals surface area (Å²) in [5.74, 6) is 1.76. The van der Waals surface area contributed by atoms with Gasteiger partial charge in [0.1, 0.15) is 0 Å². The molecule has 0 atom stereocenters. The number of aryl methyl sites for hydroxylation is 2. The molecule has 0 saturated carbocycles. The first kappa shape index (κ1) is 21.2. The third-order valence-electron chi connectivity index (χ3n) is 6.42. The molecule has 33 heavy (non-hydrogen) atoms. The van der Waals surface area contributed by atoms with Crippen LogP contribution in [0.4, 0.5) is 5.82 Å². The Morgan fingerprint density at radius 3 is 2.58 bits per heavy atom. The number of nitrogens with one attached hydrogen (secondary N) is 2. The van der Waals surface area contributed by atoms with E-state index in [-0.39, 0.29) is 11.8 Å². The van der Waals surface area contributed by atoms with Crippen LogP contribution < -0.4 is 10.2 Å². The van der Waals surface area contributed by atoms with Crippen molar-refractivity contribution >= 4 is 22.6 Å². The number of piperidine rings is 1. The van der Waals surface area contributed by atoms with Crippen LogP contribution in [-0.2, 0) is 11.2 Å². The first-order valence-corrected chi connectivity index (χ1v) is 11.5. The van der Waals surface area contributed by atoms with Crippen LogP contribution in [0.3, 0.4) is 0 Å². The Labute approximate surface area is 193 Å². The van der Waals surface area contributed by atoms with Crippen molar-refractivity contribution in [2.45, 2.75) is 33.1 Å². The number of amides is 1. The van der Waals surface area contributed by atoms with Crippen LogP contribution in [0, 0.1) is 19.8 Å². The lowest BCUT2D eigenvalue weighted by Gasteiger charge is -2.31. The lowest BCUT2D eigenvalue weighted by atomic mass is 9.96. The second-order valence-electron chi connectivity index (χ2n) is 8.75. The van der Waals surface area contributed by atoms with Gasteiger partial charge in [0.15, 0.2) is 11.6 Å². The summed E-state index contributed by atoms with van der Waals surface area (Å²) in [6.45, 7) is 6.23. The third-order valence-corrected chi connectivity index (χ3v) is 6.42. The van der Waals surface area contributed by atoms with E-state index in [1.54, 1.807) is 4.68 Å². The number of para-hydroxylation sites is 1. The van der Waals surface area contributed by atoms with Crippen LogP contribution in [0.25, 0.3) is 16.7 Å². The van der Waals surface area contributed by atoms with E-state index in [2.05, 4.69) is 42.6 Å². The molecule has 0 unspecified atom stereocenters. The SMILES string of the molecule is Cc1cc(C)n(-c2ccc(N3CCC(C(=O)NCCc4c[nH]c5ccccc45)CC3)nn2)n1. The Kier molecular flexibility index (Phi) is 5.81. The number of fused-ring (bicyclic) bond motifs is 1. The van der Waals surface area contributed by atoms with Gasteiger partial charge in [-0.25, -0.2) is 4.68 Å². The maximum Gasteiger partial charge on any atom is 0.223 e. The minimum atomic E-state index is 0.0474. The van der Waals surface area contributed by atoms with Crippen molar-refractivity contribution in [1.29, 1.82) is 0 Å². The zero-order valence-corrected chi connectivity index (χ0v) is 19.1. The van der Waals surface area contributed by atoms with Crippen molar-refractivity contribution in [3.8, 4) is 5.82 Å². The van der Waals surface area contributed by atoms with Crippen LogP contribution in [-0.4, -0.2) is 50.5 Å². The zero-order valence-electron chi connectivity index (χ0n) is 19.1. The number of rotatable bonds is 6. The standard InChI is InChI=1S/C25H29N7O/c1-17-15-18(2)32(30-17)24-8-7-23(28-29-24)31-13-10-19(11-14-31)25(33)26-12-9-20-16-27-22-6-4-3-5-21(20)22/h3-8,15-16,19,27H,9-14H2,1-2H3,(H,26,33). The predicted octanol–water partition coefficient (Wildman–Crippen LogP) is 3.34. The highest BCUT2D eigenvalue weighted by atomic mass is 16.1. The average molecular weight is 444 g/mol. The van der Waals surface area contributed by atoms with E-state index in [1.807, 2.05) is 50.4 Å². The summed E-state index contributed by atoms with van der Waals surface area (Å²) in [5, 5.41) is 17.6. The highest BCUT2D eigenvalue weighted by molar-refractivity contribution is 5.83. The van der Waals surface area contributed by atoms with Crippen molar-refractivity contribution in [2.24, 2.45) is 5.92 Å². The highest BCUT2D eigenvalue weighted by Gasteiger charge is 2.25. The first-order valence-electron chi connectivity index (χ1n) is 11.5. The second-order valence-corrected chi connectivity index (χ2v) is 8.75. The van der Waals surface area contributed by atoms with E-state index in [0.29, 0.717) is 12.4 Å². The van der Waals surface area contributed by atoms with Crippen LogP contribution in [0.5, 0.6) is 0 Å². The summed E-state index contributed by atoms with van der Waals surface area (Å²) < 4.78 is 1.80. The van der Waals surface area contributed by atoms with Gasteiger partial charge in [0.2, 0.25) is 5.91 Å². The quantitative estimate of drug-likeness (QED) is 0.477. The molecule has 8 heteroatoms. The van der Waals surface area contributed by atoms with E-state index >= 15 is 0 Å². The molecule has 8 nitrogen and oxygen atoms in total. The van der Waals surface area contributed by atoms with E-state index in [4.69, 9.17) is 0 Å². The molecule has 5 rings (SSSR count). The largest absolute Gasteiger partial charge is 0.361 e. The Morgan fingerprint density at radius 1 is 1.09 bits per heavy atom. The number of hydrogen-bond donors (Lipinski definition) is 2. The molecule has 1 aromatic carbocycles. The smallest absolute Gasteiger partial charge is 0.223 e. The Hall–Kier alpha value is -3.68. The number of hydrogen-bond acceptors (Lipinski definition) is 5. The van der Waals surface area contributed by atoms with Gasteiger partial charge in [-0.2, -0.15) is 5.10 Å². The third kappa shape index (κ3) is 4.46. The lowest BCUT2D eigenvalue weighted by Crippen LogP contribution is -2.41. The molecular weight excluding hydrogens is 414 g/mol. The molecule has 0 aliphatic carbocycles. The van der Waals surface area contributed by atoms with Gasteiger partial charge in [0.05, 0.1) is 5.69 Å². The van der Waals surface area contributed by atoms with Crippen molar-refractivity contribution in [3.63, 3.8) is 0 Å². The number of H-pyrrole nitrogens is 1. The van der Waals surface area contributed by atoms with Gasteiger partial charge in [-0.05, 0) is 62.9 Å². The fourth-order valence-electron chi connectivity index (χ4n) is 4.63. The van der Waals surface area contributed by atoms with E-state index in [9.17, 15) is 4.79 Å². The summed E-state index contributed by atoms with van der Waals surface area (Å²) in [6.07, 6.45) is 4.50. The van der Waals surface area contributed by atoms with Crippen molar-refractivity contribution < 1.29 is 4.79 Å². The highest BCUT2D eigenvalue weighted by Crippen LogP contribution is 2.23. The molecule has 1 aliphatic heterocycles. The molecule has 0 radical (unpaired) electrons. The monoisotopic (exact) mass is 443 g/mol. The topological polar surface area (TPSA) is 91.7 Å². The number of carbonyl (C=O) groups is 1. The number of benzene rings is 1. The number of aromatic nitrogens is 5. The molecule has 1 saturated heterocycles. The molecule has 0 spiro atoms. The van der Waals surface area contributed by atoms with E-state index in [0.717, 1.165) is 55.1 Å². The molecule has 1 fully saturated rings. The molecule has 2 N–H and O–H groups in total. The maximum absolute atomic E-state index is 12.7. The van der Waals surface area contributed by atoms with Crippen molar-refractivity contribution in [2.75, 3.05) is 24.5 Å². The molecule has 3 aromatic heterocycles. The van der Waals surface area contributed by atoms with Gasteiger partial charge in [-0.15, -0.1) is 10.2 Å². The van der Waals surface area contributed by atoms with Crippen LogP contribution in [0.1, 0.15) is 29.8 Å². The van der Waals surface area contributed by atoms with E-state index in [1.165, 1.54) is 10.9 Å². The summed E-state index contributed by atoms with van der Waals surface area (Å²) in [7, 11) is 0. The summed E-state index contributed by atoms with van der Waals surface area (Å²) in [4.78, 5) is 18.2. The summed E-state index contributed by atoms with van der Waals surface area (Å²) in [5.41, 5.74) is 4.37. The van der Waals surface area contributed by atoms with Gasteiger partial charge in [-0.3, -0.25) is 4.79 Å². The number of carbonyl (C=O) groups excluding carboxylic acids is 1. The molecule has 4 aromatic rings. The van der Waals surface area contributed by atoms with Crippen molar-refractivity contribution in [3.05, 3.63) is 65.6 Å². The molecular formula is C25H29N7O. The lowest BCUT2D eigenvalue weighted by molar-refractivity contribution is -0.125. The van der Waals surface area contributed by atoms with E-state index < -0.39 is 0 Å². The molecule has 0 bridgehead atoms. The van der Waals surface area contributed by atoms with Gasteiger partial charge < -0.3 is 15.2 Å². The second kappa shape index (κ2) is 9.05. The maximum atomic E-state index is 12.7. The Bertz CT molecular complexity index is 1250. The average Bonchev–Trinajstić information content (AvgIpc) is 3.41. The number of aromatic amines is 1. The Morgan fingerprint density at radius 2 is 1.85 bits per heavy atom.